The van der Waals surface area contributed by atoms with Crippen LogP contribution in [0.15, 0.2) is 48.5 Å². The van der Waals surface area contributed by atoms with Crippen molar-refractivity contribution in [3.05, 3.63) is 59.7 Å². The van der Waals surface area contributed by atoms with Crippen molar-refractivity contribution in [1.29, 1.82) is 0 Å². The lowest BCUT2D eigenvalue weighted by Gasteiger charge is -2.33. The molecule has 26 heavy (non-hydrogen) atoms. The highest BCUT2D eigenvalue weighted by Crippen LogP contribution is 2.27. The molecule has 0 aliphatic carbocycles. The Hall–Kier alpha value is -2.04. The van der Waals surface area contributed by atoms with Crippen molar-refractivity contribution in [2.45, 2.75) is 31.8 Å². The summed E-state index contributed by atoms with van der Waals surface area (Å²) in [6.07, 6.45) is 3.52. The summed E-state index contributed by atoms with van der Waals surface area (Å²) in [5, 5.41) is 3.74. The molecule has 0 saturated carbocycles. The van der Waals surface area contributed by atoms with Gasteiger partial charge in [0.25, 0.3) is 0 Å². The summed E-state index contributed by atoms with van der Waals surface area (Å²) in [7, 11) is 3.35. The fourth-order valence-electron chi connectivity index (χ4n) is 3.66. The van der Waals surface area contributed by atoms with Gasteiger partial charge in [-0.25, -0.2) is 0 Å². The molecule has 0 spiro atoms. The molecule has 140 valence electrons. The molecule has 2 aromatic carbocycles. The van der Waals surface area contributed by atoms with Crippen molar-refractivity contribution in [2.75, 3.05) is 33.9 Å². The quantitative estimate of drug-likeness (QED) is 0.787. The highest BCUT2D eigenvalue weighted by atomic mass is 16.5. The summed E-state index contributed by atoms with van der Waals surface area (Å²) in [4.78, 5) is 2.56. The minimum Gasteiger partial charge on any atom is -0.493 e. The van der Waals surface area contributed by atoms with Crippen LogP contribution in [0.2, 0.25) is 0 Å². The van der Waals surface area contributed by atoms with E-state index in [-0.39, 0.29) is 0 Å². The Labute approximate surface area is 157 Å². The van der Waals surface area contributed by atoms with Crippen LogP contribution in [0.5, 0.6) is 11.5 Å². The molecule has 0 bridgehead atoms. The smallest absolute Gasteiger partial charge is 0.160 e. The summed E-state index contributed by atoms with van der Waals surface area (Å²) in [6, 6.07) is 17.5. The number of ether oxygens (including phenoxy) is 2. The molecule has 2 aromatic rings. The summed E-state index contributed by atoms with van der Waals surface area (Å²) in [5.41, 5.74) is 2.67. The fourth-order valence-corrected chi connectivity index (χ4v) is 3.66. The van der Waals surface area contributed by atoms with Gasteiger partial charge in [-0.05, 0) is 55.6 Å². The number of hydrogen-bond acceptors (Lipinski definition) is 4. The molecule has 1 atom stereocenters. The number of hydrogen-bond donors (Lipinski definition) is 1. The topological polar surface area (TPSA) is 33.7 Å². The zero-order valence-electron chi connectivity index (χ0n) is 15.9. The molecule has 4 nitrogen and oxygen atoms in total. The maximum Gasteiger partial charge on any atom is 0.160 e. The van der Waals surface area contributed by atoms with E-state index in [1.807, 2.05) is 6.07 Å². The Morgan fingerprint density at radius 3 is 2.58 bits per heavy atom. The van der Waals surface area contributed by atoms with Gasteiger partial charge < -0.3 is 14.8 Å². The van der Waals surface area contributed by atoms with Crippen LogP contribution in [-0.2, 0) is 13.0 Å². The zero-order chi connectivity index (χ0) is 18.2. The van der Waals surface area contributed by atoms with Crippen molar-refractivity contribution < 1.29 is 9.47 Å². The van der Waals surface area contributed by atoms with Crippen molar-refractivity contribution in [1.82, 2.24) is 10.2 Å². The lowest BCUT2D eigenvalue weighted by atomic mass is 10.0. The molecule has 4 heteroatoms. The third-order valence-corrected chi connectivity index (χ3v) is 5.05. The van der Waals surface area contributed by atoms with Crippen LogP contribution in [-0.4, -0.2) is 44.8 Å². The zero-order valence-corrected chi connectivity index (χ0v) is 15.9. The van der Waals surface area contributed by atoms with Crippen LogP contribution >= 0.6 is 0 Å². The first-order valence-corrected chi connectivity index (χ1v) is 9.49. The first-order chi connectivity index (χ1) is 12.8. The Morgan fingerprint density at radius 1 is 1.00 bits per heavy atom. The van der Waals surface area contributed by atoms with E-state index in [1.165, 1.54) is 30.5 Å². The molecule has 0 aromatic heterocycles. The van der Waals surface area contributed by atoms with Crippen LogP contribution in [0.1, 0.15) is 24.0 Å². The van der Waals surface area contributed by atoms with Crippen LogP contribution in [0, 0.1) is 0 Å². The van der Waals surface area contributed by atoms with Gasteiger partial charge in [0.05, 0.1) is 14.2 Å². The Bertz CT molecular complexity index is 675. The number of benzene rings is 2. The maximum absolute atomic E-state index is 5.39. The number of likely N-dealkylation sites (tertiary alicyclic amines) is 1. The Kier molecular flexibility index (Phi) is 6.92. The third kappa shape index (κ3) is 5.23. The molecule has 0 amide bonds. The molecule has 1 heterocycles. The Morgan fingerprint density at radius 2 is 1.81 bits per heavy atom. The van der Waals surface area contributed by atoms with E-state index in [0.29, 0.717) is 6.04 Å². The summed E-state index contributed by atoms with van der Waals surface area (Å²) >= 11 is 0. The van der Waals surface area contributed by atoms with E-state index in [0.717, 1.165) is 37.6 Å². The molecule has 0 radical (unpaired) electrons. The van der Waals surface area contributed by atoms with Gasteiger partial charge in [0.1, 0.15) is 0 Å². The molecular weight excluding hydrogens is 324 g/mol. The van der Waals surface area contributed by atoms with Crippen LogP contribution in [0.4, 0.5) is 0 Å². The Balaban J connectivity index is 1.46. The van der Waals surface area contributed by atoms with Gasteiger partial charge in [0.2, 0.25) is 0 Å². The SMILES string of the molecule is COc1ccc(CCNC2CCCN(Cc3ccccc3)C2)cc1OC. The van der Waals surface area contributed by atoms with Gasteiger partial charge in [0, 0.05) is 19.1 Å². The second kappa shape index (κ2) is 9.60. The summed E-state index contributed by atoms with van der Waals surface area (Å²) in [6.45, 7) is 4.36. The van der Waals surface area contributed by atoms with Gasteiger partial charge in [-0.1, -0.05) is 36.4 Å². The minimum absolute atomic E-state index is 0.576. The van der Waals surface area contributed by atoms with Gasteiger partial charge >= 0.3 is 0 Å². The summed E-state index contributed by atoms with van der Waals surface area (Å²) in [5.74, 6) is 1.59. The molecule has 1 aliphatic heterocycles. The maximum atomic E-state index is 5.39. The predicted molar refractivity (Wildman–Crippen MR) is 106 cm³/mol. The largest absolute Gasteiger partial charge is 0.493 e. The van der Waals surface area contributed by atoms with Crippen LogP contribution < -0.4 is 14.8 Å². The number of methoxy groups -OCH3 is 2. The third-order valence-electron chi connectivity index (χ3n) is 5.05. The molecule has 1 unspecified atom stereocenters. The monoisotopic (exact) mass is 354 g/mol. The van der Waals surface area contributed by atoms with Crippen molar-refractivity contribution >= 4 is 0 Å². The lowest BCUT2D eigenvalue weighted by Crippen LogP contribution is -2.45. The van der Waals surface area contributed by atoms with Gasteiger partial charge in [-0.15, -0.1) is 0 Å². The second-order valence-electron chi connectivity index (χ2n) is 6.95. The minimum atomic E-state index is 0.576. The first kappa shape index (κ1) is 18.7. The van der Waals surface area contributed by atoms with Crippen LogP contribution in [0.25, 0.3) is 0 Å². The van der Waals surface area contributed by atoms with E-state index < -0.39 is 0 Å². The van der Waals surface area contributed by atoms with Gasteiger partial charge in [0.15, 0.2) is 11.5 Å². The number of piperidine rings is 1. The van der Waals surface area contributed by atoms with Crippen molar-refractivity contribution in [3.8, 4) is 11.5 Å². The normalized spacial score (nSPS) is 17.8. The molecule has 1 fully saturated rings. The highest BCUT2D eigenvalue weighted by molar-refractivity contribution is 5.42. The number of nitrogens with one attached hydrogen (secondary N) is 1. The number of nitrogens with zero attached hydrogens (tertiary/aromatic N) is 1. The van der Waals surface area contributed by atoms with Crippen molar-refractivity contribution in [3.63, 3.8) is 0 Å². The number of rotatable bonds is 8. The van der Waals surface area contributed by atoms with Crippen LogP contribution in [0.3, 0.4) is 0 Å². The molecule has 1 N–H and O–H groups in total. The first-order valence-electron chi connectivity index (χ1n) is 9.49. The fraction of sp³-hybridized carbons (Fsp3) is 0.455. The van der Waals surface area contributed by atoms with E-state index in [2.05, 4.69) is 52.7 Å². The van der Waals surface area contributed by atoms with E-state index in [9.17, 15) is 0 Å². The van der Waals surface area contributed by atoms with E-state index in [4.69, 9.17) is 9.47 Å². The van der Waals surface area contributed by atoms with Crippen molar-refractivity contribution in [2.24, 2.45) is 0 Å². The lowest BCUT2D eigenvalue weighted by molar-refractivity contribution is 0.184. The molecule has 1 aliphatic rings. The highest BCUT2D eigenvalue weighted by Gasteiger charge is 2.19. The molecule has 1 saturated heterocycles. The average molecular weight is 354 g/mol. The second-order valence-corrected chi connectivity index (χ2v) is 6.95. The van der Waals surface area contributed by atoms with E-state index in [1.54, 1.807) is 14.2 Å². The average Bonchev–Trinajstić information content (AvgIpc) is 2.69. The van der Waals surface area contributed by atoms with E-state index >= 15 is 0 Å². The predicted octanol–water partition coefficient (Wildman–Crippen LogP) is 3.50. The standard InChI is InChI=1S/C22H30N2O2/c1-25-21-11-10-18(15-22(21)26-2)12-13-23-20-9-6-14-24(17-20)16-19-7-4-3-5-8-19/h3-5,7-8,10-11,15,20,23H,6,9,12-14,16-17H2,1-2H3. The van der Waals surface area contributed by atoms with Gasteiger partial charge in [-0.3, -0.25) is 4.90 Å². The van der Waals surface area contributed by atoms with Gasteiger partial charge in [-0.2, -0.15) is 0 Å². The summed E-state index contributed by atoms with van der Waals surface area (Å²) < 4.78 is 10.7. The molecular formula is C22H30N2O2. The molecule has 3 rings (SSSR count).